The van der Waals surface area contributed by atoms with Gasteiger partial charge in [-0.3, -0.25) is 0 Å². The first-order valence-corrected chi connectivity index (χ1v) is 4.67. The summed E-state index contributed by atoms with van der Waals surface area (Å²) in [5.41, 5.74) is 0. The van der Waals surface area contributed by atoms with E-state index in [1.54, 1.807) is 0 Å². The molecule has 72 valence electrons. The summed E-state index contributed by atoms with van der Waals surface area (Å²) >= 11 is 0. The molecule has 0 aromatic heterocycles. The molecule has 12 heavy (non-hydrogen) atoms. The van der Waals surface area contributed by atoms with Crippen molar-refractivity contribution in [2.45, 2.75) is 51.6 Å². The van der Waals surface area contributed by atoms with Crippen LogP contribution in [0.2, 0.25) is 0 Å². The number of aliphatic hydroxyl groups is 1. The van der Waals surface area contributed by atoms with Crippen molar-refractivity contribution in [3.05, 3.63) is 0 Å². The largest absolute Gasteiger partial charge is 0.378 e. The Morgan fingerprint density at radius 1 is 1.50 bits per heavy atom. The van der Waals surface area contributed by atoms with E-state index in [1.807, 2.05) is 6.92 Å². The molecule has 3 atom stereocenters. The molecule has 0 aliphatic carbocycles. The van der Waals surface area contributed by atoms with Crippen LogP contribution in [0.25, 0.3) is 0 Å². The minimum atomic E-state index is -0.629. The Bertz CT molecular complexity index is 117. The molecule has 0 saturated carbocycles. The quantitative estimate of drug-likeness (QED) is 0.701. The third kappa shape index (κ3) is 3.09. The van der Waals surface area contributed by atoms with Crippen LogP contribution < -0.4 is 0 Å². The van der Waals surface area contributed by atoms with E-state index in [4.69, 9.17) is 9.47 Å². The first kappa shape index (κ1) is 9.96. The van der Waals surface area contributed by atoms with E-state index in [2.05, 4.69) is 6.92 Å². The SMILES string of the molecule is CCCO[C@@H]1C[C@H](C)O[C@@H](O)C1. The topological polar surface area (TPSA) is 38.7 Å². The highest BCUT2D eigenvalue weighted by Gasteiger charge is 2.25. The predicted molar refractivity (Wildman–Crippen MR) is 45.8 cm³/mol. The van der Waals surface area contributed by atoms with Crippen molar-refractivity contribution in [3.8, 4) is 0 Å². The smallest absolute Gasteiger partial charge is 0.157 e. The van der Waals surface area contributed by atoms with Crippen molar-refractivity contribution in [1.82, 2.24) is 0 Å². The van der Waals surface area contributed by atoms with Gasteiger partial charge in [-0.1, -0.05) is 6.92 Å². The van der Waals surface area contributed by atoms with Gasteiger partial charge in [-0.2, -0.15) is 0 Å². The van der Waals surface area contributed by atoms with Crippen LogP contribution in [0.15, 0.2) is 0 Å². The van der Waals surface area contributed by atoms with Crippen molar-refractivity contribution in [2.24, 2.45) is 0 Å². The van der Waals surface area contributed by atoms with E-state index < -0.39 is 6.29 Å². The molecule has 1 N–H and O–H groups in total. The van der Waals surface area contributed by atoms with E-state index in [9.17, 15) is 5.11 Å². The number of rotatable bonds is 3. The van der Waals surface area contributed by atoms with Crippen LogP contribution in [0.1, 0.15) is 33.1 Å². The van der Waals surface area contributed by atoms with Gasteiger partial charge < -0.3 is 14.6 Å². The first-order valence-electron chi connectivity index (χ1n) is 4.67. The molecule has 1 rings (SSSR count). The van der Waals surface area contributed by atoms with Crippen molar-refractivity contribution >= 4 is 0 Å². The van der Waals surface area contributed by atoms with Gasteiger partial charge in [-0.15, -0.1) is 0 Å². The van der Waals surface area contributed by atoms with Crippen LogP contribution in [-0.2, 0) is 9.47 Å². The van der Waals surface area contributed by atoms with Crippen LogP contribution >= 0.6 is 0 Å². The molecule has 1 heterocycles. The number of aliphatic hydroxyl groups excluding tert-OH is 1. The van der Waals surface area contributed by atoms with Gasteiger partial charge in [0.2, 0.25) is 0 Å². The average molecular weight is 174 g/mol. The van der Waals surface area contributed by atoms with Gasteiger partial charge in [-0.25, -0.2) is 0 Å². The van der Waals surface area contributed by atoms with E-state index in [1.165, 1.54) is 0 Å². The molecule has 3 nitrogen and oxygen atoms in total. The summed E-state index contributed by atoms with van der Waals surface area (Å²) in [6, 6.07) is 0. The molecular formula is C9H18O3. The second-order valence-electron chi connectivity index (χ2n) is 3.37. The second kappa shape index (κ2) is 4.80. The fourth-order valence-electron chi connectivity index (χ4n) is 1.49. The van der Waals surface area contributed by atoms with Gasteiger partial charge in [0.15, 0.2) is 6.29 Å². The minimum absolute atomic E-state index is 0.121. The van der Waals surface area contributed by atoms with Crippen LogP contribution in [-0.4, -0.2) is 30.2 Å². The highest BCUT2D eigenvalue weighted by molar-refractivity contribution is 4.70. The lowest BCUT2D eigenvalue weighted by Gasteiger charge is -2.30. The Kier molecular flexibility index (Phi) is 3.98. The summed E-state index contributed by atoms with van der Waals surface area (Å²) in [5.74, 6) is 0. The summed E-state index contributed by atoms with van der Waals surface area (Å²) in [6.07, 6.45) is 2.22. The van der Waals surface area contributed by atoms with E-state index in [0.717, 1.165) is 19.4 Å². The van der Waals surface area contributed by atoms with Gasteiger partial charge in [0.1, 0.15) is 0 Å². The molecule has 1 aliphatic rings. The summed E-state index contributed by atoms with van der Waals surface area (Å²) in [5, 5.41) is 9.25. The molecule has 0 radical (unpaired) electrons. The molecule has 0 spiro atoms. The van der Waals surface area contributed by atoms with Gasteiger partial charge in [-0.05, 0) is 19.8 Å². The maximum atomic E-state index is 9.25. The fourth-order valence-corrected chi connectivity index (χ4v) is 1.49. The highest BCUT2D eigenvalue weighted by Crippen LogP contribution is 2.20. The Morgan fingerprint density at radius 3 is 2.83 bits per heavy atom. The van der Waals surface area contributed by atoms with Crippen molar-refractivity contribution in [3.63, 3.8) is 0 Å². The van der Waals surface area contributed by atoms with Gasteiger partial charge in [0.25, 0.3) is 0 Å². The maximum Gasteiger partial charge on any atom is 0.157 e. The zero-order valence-electron chi connectivity index (χ0n) is 7.82. The summed E-state index contributed by atoms with van der Waals surface area (Å²) < 4.78 is 10.7. The monoisotopic (exact) mass is 174 g/mol. The summed E-state index contributed by atoms with van der Waals surface area (Å²) in [7, 11) is 0. The van der Waals surface area contributed by atoms with Crippen molar-refractivity contribution < 1.29 is 14.6 Å². The molecule has 0 unspecified atom stereocenters. The van der Waals surface area contributed by atoms with Crippen molar-refractivity contribution in [2.75, 3.05) is 6.61 Å². The third-order valence-corrected chi connectivity index (χ3v) is 2.01. The molecule has 1 aliphatic heterocycles. The van der Waals surface area contributed by atoms with Gasteiger partial charge >= 0.3 is 0 Å². The molecule has 1 saturated heterocycles. The fraction of sp³-hybridized carbons (Fsp3) is 1.00. The van der Waals surface area contributed by atoms with E-state index in [-0.39, 0.29) is 12.2 Å². The van der Waals surface area contributed by atoms with Gasteiger partial charge in [0.05, 0.1) is 12.2 Å². The Morgan fingerprint density at radius 2 is 2.25 bits per heavy atom. The summed E-state index contributed by atoms with van der Waals surface area (Å²) in [6.45, 7) is 4.83. The molecule has 0 bridgehead atoms. The average Bonchev–Trinajstić information content (AvgIpc) is 1.99. The number of ether oxygens (including phenoxy) is 2. The lowest BCUT2D eigenvalue weighted by molar-refractivity contribution is -0.192. The van der Waals surface area contributed by atoms with Crippen molar-refractivity contribution in [1.29, 1.82) is 0 Å². The first-order chi connectivity index (χ1) is 5.72. The standard InChI is InChI=1S/C9H18O3/c1-3-4-11-8-5-7(2)12-9(10)6-8/h7-10H,3-6H2,1-2H3/t7-,8+,9+/m0/s1. The zero-order valence-corrected chi connectivity index (χ0v) is 7.82. The predicted octanol–water partition coefficient (Wildman–Crippen LogP) is 1.30. The van der Waals surface area contributed by atoms with Gasteiger partial charge in [0, 0.05) is 13.0 Å². The number of hydrogen-bond donors (Lipinski definition) is 1. The molecule has 0 amide bonds. The molecule has 3 heteroatoms. The Labute approximate surface area is 73.7 Å². The van der Waals surface area contributed by atoms with Crippen LogP contribution in [0, 0.1) is 0 Å². The van der Waals surface area contributed by atoms with E-state index >= 15 is 0 Å². The minimum Gasteiger partial charge on any atom is -0.378 e. The Hall–Kier alpha value is -0.120. The lowest BCUT2D eigenvalue weighted by atomic mass is 10.1. The molecular weight excluding hydrogens is 156 g/mol. The summed E-state index contributed by atoms with van der Waals surface area (Å²) in [4.78, 5) is 0. The highest BCUT2D eigenvalue weighted by atomic mass is 16.6. The maximum absolute atomic E-state index is 9.25. The third-order valence-electron chi connectivity index (χ3n) is 2.01. The second-order valence-corrected chi connectivity index (χ2v) is 3.37. The molecule has 1 fully saturated rings. The van der Waals surface area contributed by atoms with Crippen LogP contribution in [0.5, 0.6) is 0 Å². The normalized spacial score (nSPS) is 36.8. The Balaban J connectivity index is 2.24. The zero-order chi connectivity index (χ0) is 8.97. The van der Waals surface area contributed by atoms with Crippen LogP contribution in [0.4, 0.5) is 0 Å². The number of hydrogen-bond acceptors (Lipinski definition) is 3. The molecule has 0 aromatic carbocycles. The molecule has 0 aromatic rings. The van der Waals surface area contributed by atoms with Crippen LogP contribution in [0.3, 0.4) is 0 Å². The lowest BCUT2D eigenvalue weighted by Crippen LogP contribution is -2.35. The van der Waals surface area contributed by atoms with E-state index in [0.29, 0.717) is 6.42 Å².